The van der Waals surface area contributed by atoms with E-state index in [0.717, 1.165) is 24.2 Å². The number of ketones is 1. The molecule has 2 heteroatoms. The van der Waals surface area contributed by atoms with E-state index < -0.39 is 0 Å². The molecular weight excluding hydrogens is 260 g/mol. The molecule has 21 heavy (non-hydrogen) atoms. The summed E-state index contributed by atoms with van der Waals surface area (Å²) in [4.78, 5) is 12.7. The normalized spacial score (nSPS) is 25.7. The highest BCUT2D eigenvalue weighted by Crippen LogP contribution is 2.60. The lowest BCUT2D eigenvalue weighted by atomic mass is 9.92. The van der Waals surface area contributed by atoms with Crippen LogP contribution in [0.5, 0.6) is 5.75 Å². The first-order chi connectivity index (χ1) is 10.3. The Balaban J connectivity index is 1.60. The van der Waals surface area contributed by atoms with Crippen LogP contribution in [0.1, 0.15) is 33.8 Å². The molecule has 0 aromatic heterocycles. The topological polar surface area (TPSA) is 26.3 Å². The Labute approximate surface area is 124 Å². The van der Waals surface area contributed by atoms with Crippen LogP contribution in [0.4, 0.5) is 0 Å². The molecule has 2 aromatic rings. The number of aryl methyl sites for hydroxylation is 1. The minimum absolute atomic E-state index is 0.182. The second kappa shape index (κ2) is 4.73. The highest BCUT2D eigenvalue weighted by Gasteiger charge is 2.56. The molecular formula is C19H18O2. The van der Waals surface area contributed by atoms with Crippen molar-refractivity contribution in [1.29, 1.82) is 0 Å². The Morgan fingerprint density at radius 1 is 1.10 bits per heavy atom. The third-order valence-electron chi connectivity index (χ3n) is 5.01. The monoisotopic (exact) mass is 278 g/mol. The summed E-state index contributed by atoms with van der Waals surface area (Å²) in [6.07, 6.45) is 2.26. The summed E-state index contributed by atoms with van der Waals surface area (Å²) >= 11 is 0. The zero-order valence-electron chi connectivity index (χ0n) is 12.1. The van der Waals surface area contributed by atoms with Gasteiger partial charge in [-0.3, -0.25) is 4.79 Å². The van der Waals surface area contributed by atoms with Gasteiger partial charge in [0.25, 0.3) is 0 Å². The molecule has 2 aliphatic rings. The van der Waals surface area contributed by atoms with Crippen molar-refractivity contribution in [3.8, 4) is 5.75 Å². The number of fused-ring (bicyclic) bond motifs is 3. The number of hydrogen-bond donors (Lipinski definition) is 0. The van der Waals surface area contributed by atoms with Crippen molar-refractivity contribution in [2.75, 3.05) is 7.11 Å². The molecule has 106 valence electrons. The van der Waals surface area contributed by atoms with Crippen LogP contribution in [-0.2, 0) is 6.42 Å². The van der Waals surface area contributed by atoms with Gasteiger partial charge in [-0.15, -0.1) is 0 Å². The van der Waals surface area contributed by atoms with Crippen molar-refractivity contribution >= 4 is 5.78 Å². The van der Waals surface area contributed by atoms with Gasteiger partial charge in [0, 0.05) is 11.5 Å². The number of carbonyl (C=O) groups excluding carboxylic acids is 1. The van der Waals surface area contributed by atoms with Crippen molar-refractivity contribution < 1.29 is 9.53 Å². The summed E-state index contributed by atoms with van der Waals surface area (Å²) in [5, 5.41) is 0. The average Bonchev–Trinajstić information content (AvgIpc) is 3.29. The lowest BCUT2D eigenvalue weighted by Gasteiger charge is -2.13. The van der Waals surface area contributed by atoms with Gasteiger partial charge in [0.2, 0.25) is 0 Å². The quantitative estimate of drug-likeness (QED) is 0.797. The number of carbonyl (C=O) groups is 1. The molecule has 2 nitrogen and oxygen atoms in total. The number of benzene rings is 2. The molecule has 2 aliphatic carbocycles. The number of hydrogen-bond acceptors (Lipinski definition) is 2. The Morgan fingerprint density at radius 2 is 1.86 bits per heavy atom. The predicted molar refractivity (Wildman–Crippen MR) is 81.8 cm³/mol. The molecule has 1 saturated carbocycles. The van der Waals surface area contributed by atoms with Crippen LogP contribution in [-0.4, -0.2) is 12.9 Å². The second-order valence-electron chi connectivity index (χ2n) is 6.05. The molecule has 3 atom stereocenters. The van der Waals surface area contributed by atoms with E-state index in [1.807, 2.05) is 24.3 Å². The first kappa shape index (κ1) is 12.6. The summed E-state index contributed by atoms with van der Waals surface area (Å²) in [5.74, 6) is 2.27. The molecule has 0 radical (unpaired) electrons. The van der Waals surface area contributed by atoms with Gasteiger partial charge in [-0.1, -0.05) is 24.3 Å². The summed E-state index contributed by atoms with van der Waals surface area (Å²) in [6.45, 7) is 0. The summed E-state index contributed by atoms with van der Waals surface area (Å²) in [6, 6.07) is 16.1. The van der Waals surface area contributed by atoms with Gasteiger partial charge in [-0.05, 0) is 60.1 Å². The maximum Gasteiger partial charge on any atom is 0.166 e. The largest absolute Gasteiger partial charge is 0.497 e. The third kappa shape index (κ3) is 1.98. The molecule has 1 fully saturated rings. The smallest absolute Gasteiger partial charge is 0.166 e. The minimum Gasteiger partial charge on any atom is -0.497 e. The van der Waals surface area contributed by atoms with Gasteiger partial charge in [0.05, 0.1) is 7.11 Å². The first-order valence-electron chi connectivity index (χ1n) is 7.55. The zero-order valence-corrected chi connectivity index (χ0v) is 12.1. The van der Waals surface area contributed by atoms with E-state index in [2.05, 4.69) is 24.3 Å². The molecule has 0 N–H and O–H groups in total. The zero-order chi connectivity index (χ0) is 14.4. The molecule has 0 bridgehead atoms. The van der Waals surface area contributed by atoms with Crippen molar-refractivity contribution in [1.82, 2.24) is 0 Å². The molecule has 3 unspecified atom stereocenters. The highest BCUT2D eigenvalue weighted by atomic mass is 16.5. The van der Waals surface area contributed by atoms with Crippen LogP contribution < -0.4 is 4.74 Å². The first-order valence-corrected chi connectivity index (χ1v) is 7.55. The van der Waals surface area contributed by atoms with Gasteiger partial charge in [-0.25, -0.2) is 0 Å². The van der Waals surface area contributed by atoms with Gasteiger partial charge in [-0.2, -0.15) is 0 Å². The fourth-order valence-corrected chi connectivity index (χ4v) is 3.87. The molecule has 0 aliphatic heterocycles. The van der Waals surface area contributed by atoms with Crippen LogP contribution in [0, 0.1) is 11.8 Å². The summed E-state index contributed by atoms with van der Waals surface area (Å²) in [7, 11) is 1.64. The predicted octanol–water partition coefficient (Wildman–Crippen LogP) is 3.85. The number of methoxy groups -OCH3 is 1. The highest BCUT2D eigenvalue weighted by molar-refractivity contribution is 6.01. The van der Waals surface area contributed by atoms with Gasteiger partial charge < -0.3 is 4.74 Å². The van der Waals surface area contributed by atoms with Crippen LogP contribution in [0.3, 0.4) is 0 Å². The second-order valence-corrected chi connectivity index (χ2v) is 6.05. The lowest BCUT2D eigenvalue weighted by Crippen LogP contribution is -2.04. The van der Waals surface area contributed by atoms with Crippen LogP contribution in [0.25, 0.3) is 0 Å². The fourth-order valence-electron chi connectivity index (χ4n) is 3.87. The maximum atomic E-state index is 12.7. The molecule has 0 spiro atoms. The average molecular weight is 278 g/mol. The van der Waals surface area contributed by atoms with Gasteiger partial charge in [0.15, 0.2) is 5.78 Å². The Kier molecular flexibility index (Phi) is 2.85. The third-order valence-corrected chi connectivity index (χ3v) is 5.01. The maximum absolute atomic E-state index is 12.7. The molecule has 0 saturated heterocycles. The Hall–Kier alpha value is -2.09. The van der Waals surface area contributed by atoms with E-state index in [4.69, 9.17) is 4.74 Å². The number of ether oxygens (including phenoxy) is 1. The van der Waals surface area contributed by atoms with E-state index in [0.29, 0.717) is 17.6 Å². The Bertz CT molecular complexity index is 687. The SMILES string of the molecule is COc1ccc(C(=O)C2C3CCc4ccccc4C32)cc1. The van der Waals surface area contributed by atoms with Crippen molar-refractivity contribution in [3.05, 3.63) is 65.2 Å². The standard InChI is InChI=1S/C19H18O2/c1-21-14-9-6-13(7-10-14)19(20)18-16-11-8-12-4-2-3-5-15(12)17(16)18/h2-7,9-10,16-18H,8,11H2,1H3. The fraction of sp³-hybridized carbons (Fsp3) is 0.316. The van der Waals surface area contributed by atoms with Crippen molar-refractivity contribution in [2.45, 2.75) is 18.8 Å². The Morgan fingerprint density at radius 3 is 2.62 bits per heavy atom. The molecule has 0 heterocycles. The lowest BCUT2D eigenvalue weighted by molar-refractivity contribution is 0.0959. The van der Waals surface area contributed by atoms with Gasteiger partial charge in [0.1, 0.15) is 5.75 Å². The van der Waals surface area contributed by atoms with Crippen LogP contribution >= 0.6 is 0 Å². The molecule has 2 aromatic carbocycles. The summed E-state index contributed by atoms with van der Waals surface area (Å²) < 4.78 is 5.15. The molecule has 0 amide bonds. The van der Waals surface area contributed by atoms with E-state index in [1.165, 1.54) is 11.1 Å². The van der Waals surface area contributed by atoms with Crippen molar-refractivity contribution in [2.24, 2.45) is 11.8 Å². The van der Waals surface area contributed by atoms with E-state index in [-0.39, 0.29) is 5.92 Å². The minimum atomic E-state index is 0.182. The van der Waals surface area contributed by atoms with E-state index >= 15 is 0 Å². The van der Waals surface area contributed by atoms with E-state index in [9.17, 15) is 4.79 Å². The van der Waals surface area contributed by atoms with Crippen LogP contribution in [0.15, 0.2) is 48.5 Å². The number of Topliss-reactive ketones (excluding diaryl/α,β-unsaturated/α-hetero) is 1. The summed E-state index contributed by atoms with van der Waals surface area (Å²) in [5.41, 5.74) is 3.65. The van der Waals surface area contributed by atoms with E-state index in [1.54, 1.807) is 7.11 Å². The number of rotatable bonds is 3. The van der Waals surface area contributed by atoms with Crippen LogP contribution in [0.2, 0.25) is 0 Å². The van der Waals surface area contributed by atoms with Crippen molar-refractivity contribution in [3.63, 3.8) is 0 Å². The van der Waals surface area contributed by atoms with Gasteiger partial charge >= 0.3 is 0 Å². The molecule has 4 rings (SSSR count).